The van der Waals surface area contributed by atoms with Crippen LogP contribution in [0.4, 0.5) is 0 Å². The Hall–Kier alpha value is -0.630. The van der Waals surface area contributed by atoms with Crippen LogP contribution >= 0.6 is 0 Å². The third kappa shape index (κ3) is 6.34. The van der Waals surface area contributed by atoms with Crippen LogP contribution in [0.15, 0.2) is 0 Å². The molecule has 0 radical (unpaired) electrons. The van der Waals surface area contributed by atoms with Crippen molar-refractivity contribution in [2.75, 3.05) is 26.2 Å². The normalized spacial score (nSPS) is 20.4. The molecule has 0 amide bonds. The molecule has 4 heteroatoms. The van der Waals surface area contributed by atoms with Crippen LogP contribution in [-0.4, -0.2) is 48.8 Å². The van der Waals surface area contributed by atoms with Crippen molar-refractivity contribution < 1.29 is 4.74 Å². The standard InChI is InChI=1S/C17H33N3O/c1-5-17(14-18,19-15(3)4)10-7-11-20-12-8-16(9-13-20)21-6-2/h15-16,19H,5-13H2,1-4H3. The predicted molar refractivity (Wildman–Crippen MR) is 87.2 cm³/mol. The van der Waals surface area contributed by atoms with Gasteiger partial charge in [0.2, 0.25) is 0 Å². The third-order valence-electron chi connectivity index (χ3n) is 4.40. The van der Waals surface area contributed by atoms with Crippen molar-refractivity contribution in [2.24, 2.45) is 0 Å². The molecule has 0 aromatic heterocycles. The van der Waals surface area contributed by atoms with E-state index in [4.69, 9.17) is 4.74 Å². The fourth-order valence-electron chi connectivity index (χ4n) is 3.21. The lowest BCUT2D eigenvalue weighted by Gasteiger charge is -2.33. The Kier molecular flexibility index (Phi) is 8.24. The highest BCUT2D eigenvalue weighted by atomic mass is 16.5. The molecule has 0 spiro atoms. The smallest absolute Gasteiger partial charge is 0.106 e. The summed E-state index contributed by atoms with van der Waals surface area (Å²) in [5, 5.41) is 13.0. The predicted octanol–water partition coefficient (Wildman–Crippen LogP) is 2.94. The van der Waals surface area contributed by atoms with E-state index in [1.807, 2.05) is 0 Å². The van der Waals surface area contributed by atoms with Crippen LogP contribution in [0.1, 0.15) is 59.8 Å². The van der Waals surface area contributed by atoms with E-state index in [0.29, 0.717) is 12.1 Å². The zero-order valence-electron chi connectivity index (χ0n) is 14.3. The lowest BCUT2D eigenvalue weighted by atomic mass is 9.91. The maximum atomic E-state index is 9.51. The SMILES string of the molecule is CCOC1CCN(CCCC(C#N)(CC)NC(C)C)CC1. The number of piperidine rings is 1. The van der Waals surface area contributed by atoms with Gasteiger partial charge in [0, 0.05) is 25.7 Å². The van der Waals surface area contributed by atoms with Gasteiger partial charge in [0.25, 0.3) is 0 Å². The Balaban J connectivity index is 2.30. The number of likely N-dealkylation sites (tertiary alicyclic amines) is 1. The Bertz CT molecular complexity index is 318. The van der Waals surface area contributed by atoms with E-state index >= 15 is 0 Å². The number of nitriles is 1. The average molecular weight is 295 g/mol. The molecule has 1 N–H and O–H groups in total. The van der Waals surface area contributed by atoms with Crippen molar-refractivity contribution >= 4 is 0 Å². The molecule has 1 rings (SSSR count). The van der Waals surface area contributed by atoms with E-state index in [1.54, 1.807) is 0 Å². The number of hydrogen-bond donors (Lipinski definition) is 1. The van der Waals surface area contributed by atoms with E-state index in [2.05, 4.69) is 44.0 Å². The van der Waals surface area contributed by atoms with Gasteiger partial charge in [-0.15, -0.1) is 0 Å². The highest BCUT2D eigenvalue weighted by Crippen LogP contribution is 2.19. The monoisotopic (exact) mass is 295 g/mol. The molecule has 1 fully saturated rings. The number of ether oxygens (including phenoxy) is 1. The van der Waals surface area contributed by atoms with Gasteiger partial charge >= 0.3 is 0 Å². The minimum absolute atomic E-state index is 0.349. The van der Waals surface area contributed by atoms with E-state index in [0.717, 1.165) is 58.3 Å². The molecule has 1 aliphatic heterocycles. The summed E-state index contributed by atoms with van der Waals surface area (Å²) in [7, 11) is 0. The highest BCUT2D eigenvalue weighted by Gasteiger charge is 2.28. The van der Waals surface area contributed by atoms with Gasteiger partial charge in [0.1, 0.15) is 5.54 Å². The van der Waals surface area contributed by atoms with Gasteiger partial charge in [-0.3, -0.25) is 5.32 Å². The van der Waals surface area contributed by atoms with Gasteiger partial charge in [0.05, 0.1) is 12.2 Å². The molecule has 122 valence electrons. The molecule has 1 atom stereocenters. The molecule has 4 nitrogen and oxygen atoms in total. The summed E-state index contributed by atoms with van der Waals surface area (Å²) in [5.74, 6) is 0. The first-order valence-corrected chi connectivity index (χ1v) is 8.58. The molecule has 0 bridgehead atoms. The van der Waals surface area contributed by atoms with Gasteiger partial charge in [-0.1, -0.05) is 6.92 Å². The number of rotatable bonds is 9. The molecular weight excluding hydrogens is 262 g/mol. The number of hydrogen-bond acceptors (Lipinski definition) is 4. The van der Waals surface area contributed by atoms with Gasteiger partial charge in [-0.25, -0.2) is 0 Å². The summed E-state index contributed by atoms with van der Waals surface area (Å²) in [6, 6.07) is 2.86. The van der Waals surface area contributed by atoms with Crippen LogP contribution in [0.5, 0.6) is 0 Å². The van der Waals surface area contributed by atoms with E-state index in [1.165, 1.54) is 0 Å². The van der Waals surface area contributed by atoms with Crippen molar-refractivity contribution in [1.82, 2.24) is 10.2 Å². The zero-order chi connectivity index (χ0) is 15.7. The molecule has 0 aliphatic carbocycles. The van der Waals surface area contributed by atoms with Crippen molar-refractivity contribution in [3.63, 3.8) is 0 Å². The maximum absolute atomic E-state index is 9.51. The molecule has 0 aromatic carbocycles. The molecule has 1 saturated heterocycles. The topological polar surface area (TPSA) is 48.3 Å². The van der Waals surface area contributed by atoms with Crippen LogP contribution in [0.3, 0.4) is 0 Å². The molecule has 0 saturated carbocycles. The molecule has 0 aromatic rings. The highest BCUT2D eigenvalue weighted by molar-refractivity contribution is 5.06. The second-order valence-corrected chi connectivity index (χ2v) is 6.45. The summed E-state index contributed by atoms with van der Waals surface area (Å²) in [5.41, 5.74) is -0.349. The summed E-state index contributed by atoms with van der Waals surface area (Å²) >= 11 is 0. The first-order chi connectivity index (χ1) is 10.0. The van der Waals surface area contributed by atoms with Gasteiger partial charge in [-0.2, -0.15) is 5.26 Å². The summed E-state index contributed by atoms with van der Waals surface area (Å²) in [6.45, 7) is 12.6. The van der Waals surface area contributed by atoms with Gasteiger partial charge < -0.3 is 9.64 Å². The molecular formula is C17H33N3O. The average Bonchev–Trinajstić information content (AvgIpc) is 2.48. The molecule has 1 heterocycles. The Labute approximate surface area is 130 Å². The van der Waals surface area contributed by atoms with Crippen LogP contribution in [0.25, 0.3) is 0 Å². The van der Waals surface area contributed by atoms with Crippen LogP contribution in [-0.2, 0) is 4.74 Å². The largest absolute Gasteiger partial charge is 0.378 e. The van der Waals surface area contributed by atoms with Crippen LogP contribution in [0.2, 0.25) is 0 Å². The minimum atomic E-state index is -0.349. The second-order valence-electron chi connectivity index (χ2n) is 6.45. The Morgan fingerprint density at radius 3 is 2.48 bits per heavy atom. The fourth-order valence-corrected chi connectivity index (χ4v) is 3.21. The Morgan fingerprint density at radius 1 is 1.33 bits per heavy atom. The molecule has 21 heavy (non-hydrogen) atoms. The minimum Gasteiger partial charge on any atom is -0.378 e. The molecule has 1 unspecified atom stereocenters. The second kappa shape index (κ2) is 9.40. The Morgan fingerprint density at radius 2 is 2.00 bits per heavy atom. The van der Waals surface area contributed by atoms with Crippen molar-refractivity contribution in [1.29, 1.82) is 5.26 Å². The zero-order valence-corrected chi connectivity index (χ0v) is 14.3. The fraction of sp³-hybridized carbons (Fsp3) is 0.941. The van der Waals surface area contributed by atoms with E-state index in [-0.39, 0.29) is 5.54 Å². The number of nitrogens with zero attached hydrogens (tertiary/aromatic N) is 2. The third-order valence-corrected chi connectivity index (χ3v) is 4.40. The van der Waals surface area contributed by atoms with E-state index < -0.39 is 0 Å². The van der Waals surface area contributed by atoms with Crippen molar-refractivity contribution in [3.05, 3.63) is 0 Å². The van der Waals surface area contributed by atoms with Crippen LogP contribution < -0.4 is 5.32 Å². The summed E-state index contributed by atoms with van der Waals surface area (Å²) < 4.78 is 5.69. The van der Waals surface area contributed by atoms with Gasteiger partial charge in [0.15, 0.2) is 0 Å². The van der Waals surface area contributed by atoms with Crippen molar-refractivity contribution in [3.8, 4) is 6.07 Å². The summed E-state index contributed by atoms with van der Waals surface area (Å²) in [4.78, 5) is 2.52. The van der Waals surface area contributed by atoms with Crippen LogP contribution in [0, 0.1) is 11.3 Å². The first kappa shape index (κ1) is 18.4. The molecule has 1 aliphatic rings. The quantitative estimate of drug-likeness (QED) is 0.710. The number of nitrogens with one attached hydrogen (secondary N) is 1. The lowest BCUT2D eigenvalue weighted by Crippen LogP contribution is -2.47. The maximum Gasteiger partial charge on any atom is 0.106 e. The lowest BCUT2D eigenvalue weighted by molar-refractivity contribution is 0.0137. The summed E-state index contributed by atoms with van der Waals surface area (Å²) in [6.07, 6.45) is 5.64. The van der Waals surface area contributed by atoms with Gasteiger partial charge in [-0.05, 0) is 59.4 Å². The first-order valence-electron chi connectivity index (χ1n) is 8.58. The van der Waals surface area contributed by atoms with E-state index in [9.17, 15) is 5.26 Å². The van der Waals surface area contributed by atoms with Crippen molar-refractivity contribution in [2.45, 2.75) is 77.5 Å².